The lowest BCUT2D eigenvalue weighted by Crippen LogP contribution is -2.48. The number of carbonyl (C=O) groups excluding carboxylic acids is 1. The number of aromatic nitrogens is 1. The van der Waals surface area contributed by atoms with Crippen LogP contribution in [0.4, 0.5) is 5.13 Å². The number of aryl methyl sites for hydroxylation is 2. The Hall–Kier alpha value is -2.41. The fourth-order valence-electron chi connectivity index (χ4n) is 5.44. The number of thiazole rings is 1. The van der Waals surface area contributed by atoms with E-state index in [0.29, 0.717) is 30.3 Å². The van der Waals surface area contributed by atoms with Gasteiger partial charge >= 0.3 is 0 Å². The molecule has 3 aromatic rings. The fraction of sp³-hybridized carbons (Fsp3) is 0.517. The number of fused-ring (bicyclic) bond motifs is 1. The Morgan fingerprint density at radius 1 is 1.07 bits per heavy atom. The van der Waals surface area contributed by atoms with E-state index in [1.807, 2.05) is 20.8 Å². The first-order valence-corrected chi connectivity index (χ1v) is 16.1. The first-order valence-electron chi connectivity index (χ1n) is 13.9. The van der Waals surface area contributed by atoms with Gasteiger partial charge in [-0.2, -0.15) is 4.31 Å². The molecule has 0 aliphatic carbocycles. The van der Waals surface area contributed by atoms with Crippen LogP contribution in [0.25, 0.3) is 10.2 Å². The summed E-state index contributed by atoms with van der Waals surface area (Å²) < 4.78 is 40.3. The highest BCUT2D eigenvalue weighted by Gasteiger charge is 2.32. The third-order valence-corrected chi connectivity index (χ3v) is 10.3. The highest BCUT2D eigenvalue weighted by atomic mass is 32.2. The van der Waals surface area contributed by atoms with Gasteiger partial charge in [-0.3, -0.25) is 14.6 Å². The summed E-state index contributed by atoms with van der Waals surface area (Å²) in [7, 11) is -3.69. The summed E-state index contributed by atoms with van der Waals surface area (Å²) in [5.74, 6) is -0.187. The molecule has 216 valence electrons. The van der Waals surface area contributed by atoms with Crippen LogP contribution in [-0.4, -0.2) is 93.2 Å². The van der Waals surface area contributed by atoms with E-state index in [1.54, 1.807) is 17.0 Å². The first-order chi connectivity index (χ1) is 19.1. The zero-order valence-electron chi connectivity index (χ0n) is 23.6. The number of carbonyl (C=O) groups is 1. The summed E-state index contributed by atoms with van der Waals surface area (Å²) in [6, 6.07) is 10.5. The summed E-state index contributed by atoms with van der Waals surface area (Å²) in [5, 5.41) is 0.656. The Morgan fingerprint density at radius 2 is 1.75 bits per heavy atom. The number of nitrogens with zero attached hydrogens (tertiary/aromatic N) is 4. The maximum absolute atomic E-state index is 13.9. The number of ether oxygens (including phenoxy) is 2. The third-order valence-electron chi connectivity index (χ3n) is 7.38. The van der Waals surface area contributed by atoms with E-state index < -0.39 is 10.0 Å². The van der Waals surface area contributed by atoms with E-state index in [2.05, 4.69) is 24.0 Å². The summed E-state index contributed by atoms with van der Waals surface area (Å²) in [6.45, 7) is 13.1. The van der Waals surface area contributed by atoms with Crippen molar-refractivity contribution in [3.63, 3.8) is 0 Å². The molecule has 2 saturated heterocycles. The van der Waals surface area contributed by atoms with Crippen molar-refractivity contribution in [2.24, 2.45) is 0 Å². The van der Waals surface area contributed by atoms with Gasteiger partial charge in [-0.1, -0.05) is 17.4 Å². The van der Waals surface area contributed by atoms with Crippen LogP contribution < -0.4 is 4.90 Å². The number of hydrogen-bond donors (Lipinski definition) is 0. The predicted molar refractivity (Wildman–Crippen MR) is 158 cm³/mol. The molecule has 0 radical (unpaired) electrons. The maximum atomic E-state index is 13.9. The number of morpholine rings is 2. The van der Waals surface area contributed by atoms with Crippen molar-refractivity contribution >= 4 is 42.6 Å². The molecule has 2 aromatic carbocycles. The normalized spacial score (nSPS) is 21.1. The van der Waals surface area contributed by atoms with Crippen LogP contribution in [0.2, 0.25) is 0 Å². The van der Waals surface area contributed by atoms with E-state index >= 15 is 0 Å². The Morgan fingerprint density at radius 3 is 2.42 bits per heavy atom. The minimum Gasteiger partial charge on any atom is -0.379 e. The van der Waals surface area contributed by atoms with Crippen LogP contribution in [0.15, 0.2) is 41.3 Å². The molecule has 0 saturated carbocycles. The van der Waals surface area contributed by atoms with Crippen LogP contribution in [0, 0.1) is 13.8 Å². The average molecular weight is 587 g/mol. The smallest absolute Gasteiger partial charge is 0.260 e. The van der Waals surface area contributed by atoms with Gasteiger partial charge in [-0.05, 0) is 75.6 Å². The number of sulfonamides is 1. The maximum Gasteiger partial charge on any atom is 0.260 e. The molecule has 2 aliphatic rings. The second-order valence-electron chi connectivity index (χ2n) is 10.8. The van der Waals surface area contributed by atoms with Gasteiger partial charge in [0, 0.05) is 44.8 Å². The van der Waals surface area contributed by atoms with E-state index in [4.69, 9.17) is 14.5 Å². The van der Waals surface area contributed by atoms with Gasteiger partial charge in [0.1, 0.15) is 0 Å². The van der Waals surface area contributed by atoms with Crippen LogP contribution in [0.5, 0.6) is 0 Å². The summed E-state index contributed by atoms with van der Waals surface area (Å²) >= 11 is 1.52. The van der Waals surface area contributed by atoms with Crippen molar-refractivity contribution in [2.45, 2.75) is 51.2 Å². The van der Waals surface area contributed by atoms with Gasteiger partial charge in [0.15, 0.2) is 5.13 Å². The number of benzene rings is 2. The van der Waals surface area contributed by atoms with E-state index in [0.717, 1.165) is 60.6 Å². The van der Waals surface area contributed by atoms with Crippen molar-refractivity contribution in [3.8, 4) is 0 Å². The van der Waals surface area contributed by atoms with Crippen molar-refractivity contribution < 1.29 is 22.7 Å². The van der Waals surface area contributed by atoms with E-state index in [-0.39, 0.29) is 23.0 Å². The lowest BCUT2D eigenvalue weighted by Gasteiger charge is -2.34. The van der Waals surface area contributed by atoms with Gasteiger partial charge in [0.05, 0.1) is 40.5 Å². The Balaban J connectivity index is 1.39. The highest BCUT2D eigenvalue weighted by molar-refractivity contribution is 7.89. The molecule has 2 aliphatic heterocycles. The number of rotatable bonds is 8. The lowest BCUT2D eigenvalue weighted by molar-refractivity contribution is -0.0440. The number of amides is 1. The van der Waals surface area contributed by atoms with Crippen LogP contribution >= 0.6 is 11.3 Å². The average Bonchev–Trinajstić information content (AvgIpc) is 3.35. The van der Waals surface area contributed by atoms with Gasteiger partial charge in [-0.25, -0.2) is 13.4 Å². The molecular formula is C29H38N4O5S2. The molecule has 9 nitrogen and oxygen atoms in total. The number of anilines is 1. The van der Waals surface area contributed by atoms with Gasteiger partial charge in [0.2, 0.25) is 10.0 Å². The minimum absolute atomic E-state index is 0.174. The fourth-order valence-corrected chi connectivity index (χ4v) is 8.19. The van der Waals surface area contributed by atoms with Crippen LogP contribution in [0.3, 0.4) is 0 Å². The monoisotopic (exact) mass is 586 g/mol. The summed E-state index contributed by atoms with van der Waals surface area (Å²) in [4.78, 5) is 23.0. The van der Waals surface area contributed by atoms with E-state index in [1.165, 1.54) is 27.8 Å². The molecule has 2 unspecified atom stereocenters. The van der Waals surface area contributed by atoms with Crippen LogP contribution in [0.1, 0.15) is 41.8 Å². The SMILES string of the molecule is Cc1cc(C)c2nc(N(CCCN3CCOCC3)C(=O)c3ccc(S(=O)(=O)N4CC(C)OC(C)C4)cc3)sc2c1. The topological polar surface area (TPSA) is 92.3 Å². The second-order valence-corrected chi connectivity index (χ2v) is 13.7. The van der Waals surface area contributed by atoms with E-state index in [9.17, 15) is 13.2 Å². The van der Waals surface area contributed by atoms with Crippen LogP contribution in [-0.2, 0) is 19.5 Å². The Bertz CT molecular complexity index is 1440. The largest absolute Gasteiger partial charge is 0.379 e. The Labute approximate surface area is 240 Å². The molecule has 0 N–H and O–H groups in total. The molecule has 5 rings (SSSR count). The summed E-state index contributed by atoms with van der Waals surface area (Å²) in [6.07, 6.45) is 0.442. The zero-order chi connectivity index (χ0) is 28.4. The molecule has 0 spiro atoms. The van der Waals surface area contributed by atoms with Gasteiger partial charge in [0.25, 0.3) is 5.91 Å². The number of hydrogen-bond acceptors (Lipinski definition) is 8. The molecule has 11 heteroatoms. The molecule has 3 heterocycles. The molecule has 40 heavy (non-hydrogen) atoms. The lowest BCUT2D eigenvalue weighted by atomic mass is 10.1. The molecule has 1 aromatic heterocycles. The predicted octanol–water partition coefficient (Wildman–Crippen LogP) is 4.08. The van der Waals surface area contributed by atoms with Crippen molar-refractivity contribution in [1.82, 2.24) is 14.2 Å². The summed E-state index contributed by atoms with van der Waals surface area (Å²) in [5.41, 5.74) is 3.58. The van der Waals surface area contributed by atoms with Gasteiger partial charge < -0.3 is 9.47 Å². The third kappa shape index (κ3) is 6.40. The molecule has 2 fully saturated rings. The van der Waals surface area contributed by atoms with Crippen molar-refractivity contribution in [2.75, 3.05) is 57.4 Å². The minimum atomic E-state index is -3.69. The van der Waals surface area contributed by atoms with Crippen molar-refractivity contribution in [3.05, 3.63) is 53.1 Å². The first kappa shape index (κ1) is 29.1. The highest BCUT2D eigenvalue weighted by Crippen LogP contribution is 2.33. The molecule has 1 amide bonds. The Kier molecular flexibility index (Phi) is 8.89. The van der Waals surface area contributed by atoms with Crippen molar-refractivity contribution in [1.29, 1.82) is 0 Å². The second kappa shape index (κ2) is 12.2. The van der Waals surface area contributed by atoms with Gasteiger partial charge in [-0.15, -0.1) is 0 Å². The standard InChI is InChI=1S/C29H38N4O5S2/c1-20-16-21(2)27-26(17-20)39-29(30-27)33(11-5-10-31-12-14-37-15-13-31)28(34)24-6-8-25(9-7-24)40(35,36)32-18-22(3)38-23(4)19-32/h6-9,16-17,22-23H,5,10-15,18-19H2,1-4H3. The zero-order valence-corrected chi connectivity index (χ0v) is 25.3. The molecular weight excluding hydrogens is 548 g/mol. The quantitative estimate of drug-likeness (QED) is 0.393. The molecule has 2 atom stereocenters. The molecule has 0 bridgehead atoms.